The molecule has 0 aliphatic heterocycles. The molecule has 0 aliphatic rings. The minimum Gasteiger partial charge on any atom is -0.396 e. The fraction of sp³-hybridized carbons (Fsp3) is 0.125. The third-order valence-electron chi connectivity index (χ3n) is 4.64. The van der Waals surface area contributed by atoms with Gasteiger partial charge in [-0.05, 0) is 72.5 Å². The van der Waals surface area contributed by atoms with Crippen LogP contribution in [0.15, 0.2) is 79.3 Å². The van der Waals surface area contributed by atoms with Gasteiger partial charge in [0.2, 0.25) is 0 Å². The van der Waals surface area contributed by atoms with E-state index in [4.69, 9.17) is 5.11 Å². The van der Waals surface area contributed by atoms with E-state index < -0.39 is 0 Å². The molecule has 150 valence electrons. The van der Waals surface area contributed by atoms with Crippen LogP contribution in [-0.2, 0) is 6.42 Å². The van der Waals surface area contributed by atoms with Crippen molar-refractivity contribution in [3.05, 3.63) is 96.1 Å². The Kier molecular flexibility index (Phi) is 6.27. The highest BCUT2D eigenvalue weighted by molar-refractivity contribution is 5.71. The van der Waals surface area contributed by atoms with Gasteiger partial charge in [0, 0.05) is 30.4 Å². The van der Waals surface area contributed by atoms with Crippen LogP contribution in [0.4, 0.5) is 11.4 Å². The summed E-state index contributed by atoms with van der Waals surface area (Å²) >= 11 is 0. The first-order chi connectivity index (χ1) is 14.8. The van der Waals surface area contributed by atoms with Crippen LogP contribution < -0.4 is 5.32 Å². The van der Waals surface area contributed by atoms with E-state index in [0.29, 0.717) is 6.42 Å². The highest BCUT2D eigenvalue weighted by Crippen LogP contribution is 2.20. The summed E-state index contributed by atoms with van der Waals surface area (Å²) in [6.45, 7) is 0.162. The number of pyridine rings is 1. The molecule has 4 rings (SSSR count). The summed E-state index contributed by atoms with van der Waals surface area (Å²) in [5, 5.41) is 20.6. The number of hydrogen-bond donors (Lipinski definition) is 2. The number of aromatic nitrogens is 4. The van der Waals surface area contributed by atoms with E-state index in [1.807, 2.05) is 42.6 Å². The molecule has 0 atom stereocenters. The lowest BCUT2D eigenvalue weighted by atomic mass is 10.1. The lowest BCUT2D eigenvalue weighted by Crippen LogP contribution is -1.96. The van der Waals surface area contributed by atoms with Crippen molar-refractivity contribution in [2.75, 3.05) is 11.9 Å². The number of nitrogens with one attached hydrogen (secondary N) is 1. The molecule has 6 nitrogen and oxygen atoms in total. The molecule has 2 aromatic carbocycles. The van der Waals surface area contributed by atoms with E-state index in [1.165, 1.54) is 0 Å². The Balaban J connectivity index is 1.37. The molecular weight excluding hydrogens is 374 g/mol. The molecule has 2 N–H and O–H groups in total. The van der Waals surface area contributed by atoms with Crippen LogP contribution in [-0.4, -0.2) is 31.7 Å². The Bertz CT molecular complexity index is 1090. The maximum Gasteiger partial charge on any atom is 0.0832 e. The molecule has 0 amide bonds. The quantitative estimate of drug-likeness (QED) is 0.458. The second-order valence-electron chi connectivity index (χ2n) is 6.89. The zero-order valence-electron chi connectivity index (χ0n) is 16.5. The number of nitrogens with zero attached hydrogens (tertiary/aromatic N) is 4. The van der Waals surface area contributed by atoms with E-state index in [9.17, 15) is 0 Å². The Morgan fingerprint density at radius 3 is 2.13 bits per heavy atom. The van der Waals surface area contributed by atoms with Crippen LogP contribution in [0.1, 0.15) is 23.2 Å². The average molecular weight is 397 g/mol. The van der Waals surface area contributed by atoms with E-state index in [0.717, 1.165) is 40.3 Å². The smallest absolute Gasteiger partial charge is 0.0832 e. The number of aryl methyl sites for hydroxylation is 1. The number of benzene rings is 2. The van der Waals surface area contributed by atoms with Gasteiger partial charge >= 0.3 is 0 Å². The van der Waals surface area contributed by atoms with Crippen LogP contribution in [0.5, 0.6) is 0 Å². The summed E-state index contributed by atoms with van der Waals surface area (Å²) in [4.78, 5) is 4.03. The van der Waals surface area contributed by atoms with Crippen LogP contribution in [0.25, 0.3) is 17.8 Å². The molecule has 2 aromatic heterocycles. The molecule has 0 bridgehead atoms. The first-order valence-corrected chi connectivity index (χ1v) is 9.88. The molecule has 0 aliphatic carbocycles. The Hall–Kier alpha value is -3.77. The molecule has 0 saturated heterocycles. The van der Waals surface area contributed by atoms with E-state index in [1.54, 1.807) is 17.1 Å². The first-order valence-electron chi connectivity index (χ1n) is 9.88. The number of aliphatic hydroxyl groups excluding tert-OH is 1. The third-order valence-corrected chi connectivity index (χ3v) is 4.64. The molecule has 0 radical (unpaired) electrons. The van der Waals surface area contributed by atoms with Crippen molar-refractivity contribution in [1.29, 1.82) is 0 Å². The van der Waals surface area contributed by atoms with Gasteiger partial charge in [0.25, 0.3) is 0 Å². The number of rotatable bonds is 8. The van der Waals surface area contributed by atoms with Crippen molar-refractivity contribution in [2.24, 2.45) is 0 Å². The van der Waals surface area contributed by atoms with Gasteiger partial charge in [-0.3, -0.25) is 4.98 Å². The maximum absolute atomic E-state index is 8.92. The normalized spacial score (nSPS) is 11.1. The second kappa shape index (κ2) is 9.62. The zero-order chi connectivity index (χ0) is 20.6. The highest BCUT2D eigenvalue weighted by atomic mass is 16.2. The lowest BCUT2D eigenvalue weighted by molar-refractivity contribution is 0.288. The van der Waals surface area contributed by atoms with Crippen molar-refractivity contribution < 1.29 is 5.11 Å². The second-order valence-corrected chi connectivity index (χ2v) is 6.89. The molecule has 0 unspecified atom stereocenters. The van der Waals surface area contributed by atoms with Crippen molar-refractivity contribution in [2.45, 2.75) is 12.8 Å². The van der Waals surface area contributed by atoms with Crippen molar-refractivity contribution in [3.63, 3.8) is 0 Å². The average Bonchev–Trinajstić information content (AvgIpc) is 3.27. The maximum atomic E-state index is 8.92. The zero-order valence-corrected chi connectivity index (χ0v) is 16.5. The fourth-order valence-corrected chi connectivity index (χ4v) is 3.01. The minimum atomic E-state index is 0.162. The molecule has 0 saturated carbocycles. The van der Waals surface area contributed by atoms with Crippen LogP contribution in [0.2, 0.25) is 0 Å². The van der Waals surface area contributed by atoms with E-state index >= 15 is 0 Å². The summed E-state index contributed by atoms with van der Waals surface area (Å²) in [6, 6.07) is 20.3. The van der Waals surface area contributed by atoms with Crippen molar-refractivity contribution >= 4 is 23.5 Å². The molecule has 0 spiro atoms. The third kappa shape index (κ3) is 5.18. The Labute approximate surface area is 175 Å². The van der Waals surface area contributed by atoms with E-state index in [2.05, 4.69) is 57.0 Å². The van der Waals surface area contributed by atoms with Gasteiger partial charge in [-0.25, -0.2) is 4.68 Å². The van der Waals surface area contributed by atoms with Gasteiger partial charge in [0.15, 0.2) is 0 Å². The topological polar surface area (TPSA) is 75.9 Å². The van der Waals surface area contributed by atoms with Gasteiger partial charge in [-0.1, -0.05) is 29.5 Å². The monoisotopic (exact) mass is 397 g/mol. The Morgan fingerprint density at radius 2 is 1.47 bits per heavy atom. The molecule has 30 heavy (non-hydrogen) atoms. The van der Waals surface area contributed by atoms with Crippen molar-refractivity contribution in [3.8, 4) is 5.69 Å². The predicted octanol–water partition coefficient (Wildman–Crippen LogP) is 4.50. The number of anilines is 2. The highest BCUT2D eigenvalue weighted by Gasteiger charge is 2.03. The fourth-order valence-electron chi connectivity index (χ4n) is 3.01. The van der Waals surface area contributed by atoms with Gasteiger partial charge in [-0.15, -0.1) is 5.10 Å². The van der Waals surface area contributed by atoms with Gasteiger partial charge in [0.05, 0.1) is 17.6 Å². The predicted molar refractivity (Wildman–Crippen MR) is 120 cm³/mol. The summed E-state index contributed by atoms with van der Waals surface area (Å²) in [6.07, 6.45) is 11.1. The summed E-state index contributed by atoms with van der Waals surface area (Å²) in [7, 11) is 0. The molecule has 6 heteroatoms. The molecule has 2 heterocycles. The summed E-state index contributed by atoms with van der Waals surface area (Å²) in [5.41, 5.74) is 6.11. The van der Waals surface area contributed by atoms with Gasteiger partial charge < -0.3 is 10.4 Å². The summed E-state index contributed by atoms with van der Waals surface area (Å²) in [5.74, 6) is 0. The van der Waals surface area contributed by atoms with Crippen LogP contribution in [0.3, 0.4) is 0 Å². The standard InChI is InChI=1S/C24H23N5O/c30-17-1-2-23-18-29(28-27-23)24-11-9-22(10-12-24)26-21-7-5-19(6-8-21)3-4-20-13-15-25-16-14-20/h3-16,18,26,30H,1-2,17H2/b4-3+. The number of aliphatic hydroxyl groups is 1. The first kappa shape index (κ1) is 19.5. The van der Waals surface area contributed by atoms with Crippen LogP contribution in [0, 0.1) is 0 Å². The summed E-state index contributed by atoms with van der Waals surface area (Å²) < 4.78 is 1.75. The Morgan fingerprint density at radius 1 is 0.833 bits per heavy atom. The number of hydrogen-bond acceptors (Lipinski definition) is 5. The molecular formula is C24H23N5O. The SMILES string of the molecule is OCCCc1cn(-c2ccc(Nc3ccc(/C=C/c4ccncc4)cc3)cc2)nn1. The molecule has 4 aromatic rings. The van der Waals surface area contributed by atoms with Gasteiger partial charge in [-0.2, -0.15) is 0 Å². The van der Waals surface area contributed by atoms with Gasteiger partial charge in [0.1, 0.15) is 0 Å². The van der Waals surface area contributed by atoms with Crippen LogP contribution >= 0.6 is 0 Å². The largest absolute Gasteiger partial charge is 0.396 e. The minimum absolute atomic E-state index is 0.162. The molecule has 0 fully saturated rings. The van der Waals surface area contributed by atoms with E-state index in [-0.39, 0.29) is 6.61 Å². The van der Waals surface area contributed by atoms with Crippen molar-refractivity contribution in [1.82, 2.24) is 20.0 Å². The lowest BCUT2D eigenvalue weighted by Gasteiger charge is -2.08.